The van der Waals surface area contributed by atoms with Crippen LogP contribution in [-0.2, 0) is 11.6 Å². The molecule has 0 saturated carbocycles. The second kappa shape index (κ2) is 28.2. The van der Waals surface area contributed by atoms with Crippen molar-refractivity contribution in [1.29, 1.82) is 0 Å². The minimum absolute atomic E-state index is 0.0205. The lowest BCUT2D eigenvalue weighted by Crippen LogP contribution is -2.21. The summed E-state index contributed by atoms with van der Waals surface area (Å²) in [6, 6.07) is 33.7. The van der Waals surface area contributed by atoms with Gasteiger partial charge in [0.2, 0.25) is 6.36 Å². The van der Waals surface area contributed by atoms with E-state index in [1.165, 1.54) is 40.6 Å². The van der Waals surface area contributed by atoms with Gasteiger partial charge in [0.25, 0.3) is 5.69 Å². The summed E-state index contributed by atoms with van der Waals surface area (Å²) in [6.07, 6.45) is -3.51. The smallest absolute Gasteiger partial charge is 0.417 e. The Kier molecular flexibility index (Phi) is 25.5. The van der Waals surface area contributed by atoms with Gasteiger partial charge in [-0.3, -0.25) is 10.1 Å². The fourth-order valence-electron chi connectivity index (χ4n) is 5.69. The first-order valence-electron chi connectivity index (χ1n) is 21.7. The highest BCUT2D eigenvalue weighted by Gasteiger charge is 2.33. The summed E-state index contributed by atoms with van der Waals surface area (Å²) in [4.78, 5) is 11.4. The number of nitro benzene ring substituents is 1. The maximum atomic E-state index is 12.5. The number of ether oxygens (including phenoxy) is 1. The highest BCUT2D eigenvalue weighted by molar-refractivity contribution is 7.98. The molecular formula is C53H69Cl2F4NO4S. The van der Waals surface area contributed by atoms with Gasteiger partial charge in [0.05, 0.1) is 22.1 Å². The molecule has 0 aliphatic carbocycles. The third-order valence-electron chi connectivity index (χ3n) is 10.1. The largest absolute Gasteiger partial charge is 0.461 e. The van der Waals surface area contributed by atoms with E-state index in [2.05, 4.69) is 110 Å². The standard InChI is InChI=1S/C13H20O.C11H15FO.C10H10ClF3.C10H14S.C9H10ClNO2/c1-10(2)11-5-7-12(8-6-11)13(3,4)9-14;1-8(2)10-5-4-6-11(7-10)13-9(3)12;1-6(2)7-3-4-9(11)8(5-7)10(12,13)14;1-8(2)9-5-4-6-10(7-9)11-3;1-6(2)7-3-4-8(10)9(5-7)11(12)13/h5-8,10,14H,9H2,1-4H3;4-9H,1-3H3;3-6H,1-2H3;4-8H,1-3H3;3-6H,1-2H3. The molecule has 5 aromatic rings. The number of hydrogen-bond acceptors (Lipinski definition) is 5. The number of benzene rings is 5. The van der Waals surface area contributed by atoms with Gasteiger partial charge >= 0.3 is 6.18 Å². The van der Waals surface area contributed by atoms with E-state index in [0.29, 0.717) is 29.1 Å². The van der Waals surface area contributed by atoms with Crippen molar-refractivity contribution in [2.24, 2.45) is 0 Å². The molecule has 5 rings (SSSR count). The lowest BCUT2D eigenvalue weighted by molar-refractivity contribution is -0.384. The van der Waals surface area contributed by atoms with E-state index < -0.39 is 23.0 Å². The number of halogens is 6. The molecule has 0 fully saturated rings. The molecule has 0 spiro atoms. The number of rotatable bonds is 11. The van der Waals surface area contributed by atoms with E-state index in [1.54, 1.807) is 36.0 Å². The molecule has 1 N–H and O–H groups in total. The maximum absolute atomic E-state index is 12.5. The van der Waals surface area contributed by atoms with E-state index in [1.807, 2.05) is 45.9 Å². The predicted molar refractivity (Wildman–Crippen MR) is 267 cm³/mol. The second-order valence-corrected chi connectivity index (χ2v) is 19.3. The van der Waals surface area contributed by atoms with E-state index in [-0.39, 0.29) is 39.6 Å². The molecule has 358 valence electrons. The molecule has 0 radical (unpaired) electrons. The topological polar surface area (TPSA) is 72.6 Å². The van der Waals surface area contributed by atoms with E-state index >= 15 is 0 Å². The first-order chi connectivity index (χ1) is 30.1. The molecule has 1 unspecified atom stereocenters. The quantitative estimate of drug-likeness (QED) is 0.0618. The number of alkyl halides is 4. The van der Waals surface area contributed by atoms with Crippen LogP contribution in [0.1, 0.15) is 159 Å². The normalized spacial score (nSPS) is 11.7. The summed E-state index contributed by atoms with van der Waals surface area (Å²) in [5, 5.41) is 19.7. The molecule has 65 heavy (non-hydrogen) atoms. The zero-order chi connectivity index (χ0) is 49.8. The van der Waals surface area contributed by atoms with Gasteiger partial charge in [-0.15, -0.1) is 11.8 Å². The zero-order valence-electron chi connectivity index (χ0n) is 40.4. The number of aliphatic hydroxyl groups is 1. The Morgan fingerprint density at radius 3 is 1.49 bits per heavy atom. The average molecular weight is 963 g/mol. The molecule has 5 aromatic carbocycles. The van der Waals surface area contributed by atoms with Crippen molar-refractivity contribution in [1.82, 2.24) is 0 Å². The minimum Gasteiger partial charge on any atom is -0.461 e. The summed E-state index contributed by atoms with van der Waals surface area (Å²) in [5.74, 6) is 2.59. The molecule has 0 aliphatic heterocycles. The third kappa shape index (κ3) is 21.4. The summed E-state index contributed by atoms with van der Waals surface area (Å²) in [7, 11) is 0. The van der Waals surface area contributed by atoms with Crippen LogP contribution in [0.15, 0.2) is 114 Å². The van der Waals surface area contributed by atoms with Crippen molar-refractivity contribution in [3.05, 3.63) is 168 Å². The molecule has 12 heteroatoms. The molecule has 0 saturated heterocycles. The molecule has 0 aliphatic rings. The van der Waals surface area contributed by atoms with Gasteiger partial charge in [0, 0.05) is 23.3 Å². The van der Waals surface area contributed by atoms with Crippen LogP contribution in [-0.4, -0.2) is 29.3 Å². The van der Waals surface area contributed by atoms with Gasteiger partial charge in [-0.05, 0) is 112 Å². The number of nitro groups is 1. The van der Waals surface area contributed by atoms with Crippen molar-refractivity contribution >= 4 is 40.7 Å². The number of aliphatic hydroxyl groups excluding tert-OH is 1. The van der Waals surface area contributed by atoms with Crippen LogP contribution >= 0.6 is 35.0 Å². The van der Waals surface area contributed by atoms with Gasteiger partial charge in [0.1, 0.15) is 10.8 Å². The second-order valence-electron chi connectivity index (χ2n) is 17.7. The van der Waals surface area contributed by atoms with Crippen molar-refractivity contribution in [2.75, 3.05) is 12.9 Å². The van der Waals surface area contributed by atoms with Crippen molar-refractivity contribution < 1.29 is 32.3 Å². The van der Waals surface area contributed by atoms with Crippen LogP contribution in [0.5, 0.6) is 5.75 Å². The van der Waals surface area contributed by atoms with Crippen LogP contribution in [0.2, 0.25) is 10.0 Å². The predicted octanol–water partition coefficient (Wildman–Crippen LogP) is 18.0. The summed E-state index contributed by atoms with van der Waals surface area (Å²) < 4.78 is 54.7. The molecule has 0 bridgehead atoms. The Labute approximate surface area is 400 Å². The van der Waals surface area contributed by atoms with Gasteiger partial charge in [-0.2, -0.15) is 13.2 Å². The van der Waals surface area contributed by atoms with E-state index in [0.717, 1.165) is 17.2 Å². The molecule has 0 aromatic heterocycles. The molecule has 5 nitrogen and oxygen atoms in total. The Morgan fingerprint density at radius 2 is 1.06 bits per heavy atom. The average Bonchev–Trinajstić information content (AvgIpc) is 3.24. The molecule has 1 atom stereocenters. The fraction of sp³-hybridized carbons (Fsp3) is 0.434. The lowest BCUT2D eigenvalue weighted by atomic mass is 9.84. The van der Waals surface area contributed by atoms with Crippen LogP contribution in [0.25, 0.3) is 0 Å². The van der Waals surface area contributed by atoms with Crippen molar-refractivity contribution in [3.63, 3.8) is 0 Å². The van der Waals surface area contributed by atoms with Gasteiger partial charge in [-0.1, -0.05) is 167 Å². The Morgan fingerprint density at radius 1 is 0.631 bits per heavy atom. The van der Waals surface area contributed by atoms with Crippen LogP contribution in [0.4, 0.5) is 23.2 Å². The highest BCUT2D eigenvalue weighted by atomic mass is 35.5. The van der Waals surface area contributed by atoms with Crippen molar-refractivity contribution in [3.8, 4) is 5.75 Å². The molecule has 0 amide bonds. The summed E-state index contributed by atoms with van der Waals surface area (Å²) >= 11 is 12.9. The van der Waals surface area contributed by atoms with Gasteiger partial charge in [0.15, 0.2) is 0 Å². The minimum atomic E-state index is -4.37. The first-order valence-corrected chi connectivity index (χ1v) is 23.7. The van der Waals surface area contributed by atoms with Crippen molar-refractivity contribution in [2.45, 2.75) is 142 Å². The molecular weight excluding hydrogens is 894 g/mol. The number of nitrogens with zero attached hydrogens (tertiary/aromatic N) is 1. The lowest BCUT2D eigenvalue weighted by Gasteiger charge is -2.22. The monoisotopic (exact) mass is 961 g/mol. The van der Waals surface area contributed by atoms with Crippen LogP contribution in [0, 0.1) is 10.1 Å². The number of hydrogen-bond donors (Lipinski definition) is 1. The maximum Gasteiger partial charge on any atom is 0.417 e. The highest BCUT2D eigenvalue weighted by Crippen LogP contribution is 2.36. The van der Waals surface area contributed by atoms with E-state index in [9.17, 15) is 32.8 Å². The Bertz CT molecular complexity index is 2170. The van der Waals surface area contributed by atoms with Gasteiger partial charge in [-0.25, -0.2) is 4.39 Å². The summed E-state index contributed by atoms with van der Waals surface area (Å²) in [5.41, 5.74) is 5.80. The zero-order valence-corrected chi connectivity index (χ0v) is 42.7. The van der Waals surface area contributed by atoms with Crippen LogP contribution < -0.4 is 4.74 Å². The third-order valence-corrected chi connectivity index (χ3v) is 11.5. The van der Waals surface area contributed by atoms with E-state index in [4.69, 9.17) is 27.9 Å². The Hall–Kier alpha value is -4.09. The summed E-state index contributed by atoms with van der Waals surface area (Å²) in [6.45, 7) is 26.3. The van der Waals surface area contributed by atoms with Crippen LogP contribution in [0.3, 0.4) is 0 Å². The Balaban J connectivity index is 0.000000407. The van der Waals surface area contributed by atoms with Gasteiger partial charge < -0.3 is 9.84 Å². The molecule has 0 heterocycles. The number of thioether (sulfide) groups is 1. The first kappa shape index (κ1) is 58.9. The fourth-order valence-corrected chi connectivity index (χ4v) is 6.57. The SMILES string of the molecule is CC(C)c1ccc(C(C)(C)CO)cc1.CC(C)c1ccc(Cl)c(C(F)(F)F)c1.CC(C)c1ccc(Cl)c([N+](=O)[O-])c1.CC(F)Oc1cccc(C(C)C)c1.CSc1cccc(C(C)C)c1.